The quantitative estimate of drug-likeness (QED) is 0.614. The second-order valence-electron chi connectivity index (χ2n) is 5.26. The molecule has 7 heteroatoms. The van der Waals surface area contributed by atoms with E-state index in [0.717, 1.165) is 5.56 Å². The van der Waals surface area contributed by atoms with Gasteiger partial charge in [0.05, 0.1) is 11.9 Å². The molecule has 0 aliphatic rings. The Bertz CT molecular complexity index is 573. The van der Waals surface area contributed by atoms with Crippen LogP contribution >= 0.6 is 11.6 Å². The molecule has 0 bridgehead atoms. The van der Waals surface area contributed by atoms with Gasteiger partial charge >= 0.3 is 0 Å². The molecule has 0 radical (unpaired) electrons. The third-order valence-electron chi connectivity index (χ3n) is 3.66. The molecule has 1 rings (SSSR count). The fourth-order valence-electron chi connectivity index (χ4n) is 1.89. The second-order valence-corrected chi connectivity index (χ2v) is 8.29. The number of rotatable bonds is 6. The average Bonchev–Trinajstić information content (AvgIpc) is 2.34. The summed E-state index contributed by atoms with van der Waals surface area (Å²) in [4.78, 5) is 0. The van der Waals surface area contributed by atoms with Crippen molar-refractivity contribution in [3.63, 3.8) is 0 Å². The Morgan fingerprint density at radius 3 is 2.50 bits per heavy atom. The lowest BCUT2D eigenvalue weighted by atomic mass is 9.95. The van der Waals surface area contributed by atoms with Crippen molar-refractivity contribution in [2.75, 3.05) is 13.4 Å². The normalized spacial score (nSPS) is 14.1. The summed E-state index contributed by atoms with van der Waals surface area (Å²) < 4.78 is 28.1. The Kier molecular flexibility index (Phi) is 5.43. The summed E-state index contributed by atoms with van der Waals surface area (Å²) in [5, 5.41) is 0.564. The van der Waals surface area contributed by atoms with Crippen molar-refractivity contribution in [1.29, 1.82) is 0 Å². The van der Waals surface area contributed by atoms with E-state index >= 15 is 0 Å². The molecule has 0 spiro atoms. The van der Waals surface area contributed by atoms with Gasteiger partial charge in [-0.15, -0.1) is 0 Å². The summed E-state index contributed by atoms with van der Waals surface area (Å²) in [6.07, 6.45) is 1.59. The molecule has 114 valence electrons. The molecule has 1 atom stereocenters. The highest BCUT2D eigenvalue weighted by atomic mass is 35.5. The molecule has 5 nitrogen and oxygen atoms in total. The molecule has 20 heavy (non-hydrogen) atoms. The molecule has 0 amide bonds. The van der Waals surface area contributed by atoms with Gasteiger partial charge in [-0.25, -0.2) is 8.42 Å². The van der Waals surface area contributed by atoms with Gasteiger partial charge in [0.1, 0.15) is 5.75 Å². The number of benzene rings is 1. The molecule has 3 N–H and O–H groups in total. The zero-order chi connectivity index (χ0) is 15.6. The van der Waals surface area contributed by atoms with E-state index in [1.807, 2.05) is 0 Å². The van der Waals surface area contributed by atoms with Crippen LogP contribution in [0, 0.1) is 0 Å². The smallest absolute Gasteiger partial charge is 0.154 e. The van der Waals surface area contributed by atoms with Crippen LogP contribution in [0.2, 0.25) is 5.02 Å². The monoisotopic (exact) mass is 320 g/mol. The van der Waals surface area contributed by atoms with Crippen LogP contribution in [0.5, 0.6) is 5.75 Å². The van der Waals surface area contributed by atoms with Crippen LogP contribution < -0.4 is 16.0 Å². The molecule has 0 saturated heterocycles. The highest BCUT2D eigenvalue weighted by Crippen LogP contribution is 2.28. The van der Waals surface area contributed by atoms with Crippen molar-refractivity contribution < 1.29 is 13.2 Å². The van der Waals surface area contributed by atoms with E-state index in [0.29, 0.717) is 17.2 Å². The van der Waals surface area contributed by atoms with E-state index in [9.17, 15) is 8.42 Å². The molecule has 1 aromatic rings. The van der Waals surface area contributed by atoms with Gasteiger partial charge in [0.15, 0.2) is 9.84 Å². The molecule has 0 heterocycles. The maximum absolute atomic E-state index is 11.9. The Hall–Kier alpha value is -0.820. The molecule has 0 saturated carbocycles. The molecular formula is C13H21ClN2O3S. The summed E-state index contributed by atoms with van der Waals surface area (Å²) in [5.41, 5.74) is 3.40. The van der Waals surface area contributed by atoms with E-state index in [1.165, 1.54) is 6.26 Å². The second kappa shape index (κ2) is 6.30. The maximum Gasteiger partial charge on any atom is 0.154 e. The highest BCUT2D eigenvalue weighted by Gasteiger charge is 2.38. The van der Waals surface area contributed by atoms with Crippen LogP contribution in [0.4, 0.5) is 0 Å². The predicted molar refractivity (Wildman–Crippen MR) is 81.7 cm³/mol. The minimum absolute atomic E-state index is 0.389. The standard InChI is InChI=1S/C13H21ClN2O3S/c1-13(2,20(4,17)18)12(16-15)8-9-7-10(14)5-6-11(9)19-3/h5-7,12,16H,8,15H2,1-4H3. The van der Waals surface area contributed by atoms with Crippen LogP contribution in [-0.2, 0) is 16.3 Å². The number of nitrogens with two attached hydrogens (primary N) is 1. The van der Waals surface area contributed by atoms with Crippen molar-refractivity contribution in [2.24, 2.45) is 5.84 Å². The number of hydrogen-bond donors (Lipinski definition) is 2. The zero-order valence-corrected chi connectivity index (χ0v) is 13.7. The average molecular weight is 321 g/mol. The molecule has 0 aliphatic carbocycles. The topological polar surface area (TPSA) is 81.4 Å². The molecule has 1 aromatic carbocycles. The Labute approximate surface area is 125 Å². The fraction of sp³-hybridized carbons (Fsp3) is 0.538. The van der Waals surface area contributed by atoms with Crippen LogP contribution in [0.15, 0.2) is 18.2 Å². The summed E-state index contributed by atoms with van der Waals surface area (Å²) >= 11 is 5.98. The summed E-state index contributed by atoms with van der Waals surface area (Å²) in [5.74, 6) is 6.20. The third-order valence-corrected chi connectivity index (χ3v) is 6.09. The lowest BCUT2D eigenvalue weighted by molar-refractivity contribution is 0.388. The van der Waals surface area contributed by atoms with Gasteiger partial charge in [-0.05, 0) is 44.0 Å². The van der Waals surface area contributed by atoms with Gasteiger partial charge in [-0.1, -0.05) is 11.6 Å². The van der Waals surface area contributed by atoms with Gasteiger partial charge in [0, 0.05) is 17.3 Å². The first-order chi connectivity index (χ1) is 9.13. The van der Waals surface area contributed by atoms with Gasteiger partial charge < -0.3 is 4.74 Å². The summed E-state index contributed by atoms with van der Waals surface area (Å²) in [6.45, 7) is 3.29. The first-order valence-corrected chi connectivity index (χ1v) is 8.38. The van der Waals surface area contributed by atoms with Crippen molar-refractivity contribution >= 4 is 21.4 Å². The van der Waals surface area contributed by atoms with Gasteiger partial charge in [-0.2, -0.15) is 0 Å². The summed E-state index contributed by atoms with van der Waals surface area (Å²) in [6, 6.07) is 4.75. The number of halogens is 1. The minimum Gasteiger partial charge on any atom is -0.496 e. The van der Waals surface area contributed by atoms with Crippen LogP contribution in [-0.4, -0.2) is 32.6 Å². The van der Waals surface area contributed by atoms with Crippen LogP contribution in [0.3, 0.4) is 0 Å². The van der Waals surface area contributed by atoms with Crippen LogP contribution in [0.1, 0.15) is 19.4 Å². The number of hydrogen-bond acceptors (Lipinski definition) is 5. The Morgan fingerprint density at radius 1 is 1.45 bits per heavy atom. The lowest BCUT2D eigenvalue weighted by Crippen LogP contribution is -2.55. The van der Waals surface area contributed by atoms with Crippen molar-refractivity contribution in [3.8, 4) is 5.75 Å². The predicted octanol–water partition coefficient (Wildman–Crippen LogP) is 1.55. The van der Waals surface area contributed by atoms with E-state index in [1.54, 1.807) is 39.2 Å². The molecule has 0 aromatic heterocycles. The Balaban J connectivity index is 3.15. The number of ether oxygens (including phenoxy) is 1. The molecular weight excluding hydrogens is 300 g/mol. The number of hydrazine groups is 1. The summed E-state index contributed by atoms with van der Waals surface area (Å²) in [7, 11) is -1.72. The molecule has 0 fully saturated rings. The van der Waals surface area contributed by atoms with E-state index in [-0.39, 0.29) is 0 Å². The van der Waals surface area contributed by atoms with Gasteiger partial charge in [0.25, 0.3) is 0 Å². The first-order valence-electron chi connectivity index (χ1n) is 6.11. The largest absolute Gasteiger partial charge is 0.496 e. The highest BCUT2D eigenvalue weighted by molar-refractivity contribution is 7.92. The van der Waals surface area contributed by atoms with E-state index < -0.39 is 20.6 Å². The third kappa shape index (κ3) is 3.63. The van der Waals surface area contributed by atoms with E-state index in [4.69, 9.17) is 22.2 Å². The minimum atomic E-state index is -3.28. The Morgan fingerprint density at radius 2 is 2.05 bits per heavy atom. The lowest BCUT2D eigenvalue weighted by Gasteiger charge is -2.32. The van der Waals surface area contributed by atoms with Gasteiger partial charge in [0.2, 0.25) is 0 Å². The van der Waals surface area contributed by atoms with Gasteiger partial charge in [-0.3, -0.25) is 11.3 Å². The van der Waals surface area contributed by atoms with Crippen molar-refractivity contribution in [3.05, 3.63) is 28.8 Å². The van der Waals surface area contributed by atoms with Crippen LogP contribution in [0.25, 0.3) is 0 Å². The fourth-order valence-corrected chi connectivity index (χ4v) is 2.75. The number of methoxy groups -OCH3 is 1. The van der Waals surface area contributed by atoms with E-state index in [2.05, 4.69) is 5.43 Å². The van der Waals surface area contributed by atoms with Crippen molar-refractivity contribution in [2.45, 2.75) is 31.1 Å². The molecule has 0 aliphatic heterocycles. The molecule has 1 unspecified atom stereocenters. The SMILES string of the molecule is COc1ccc(Cl)cc1CC(NN)C(C)(C)S(C)(=O)=O. The number of sulfone groups is 1. The zero-order valence-electron chi connectivity index (χ0n) is 12.1. The number of nitrogens with one attached hydrogen (secondary N) is 1. The maximum atomic E-state index is 11.9. The van der Waals surface area contributed by atoms with Crippen molar-refractivity contribution in [1.82, 2.24) is 5.43 Å². The first kappa shape index (κ1) is 17.2.